The third-order valence-corrected chi connectivity index (χ3v) is 4.23. The Labute approximate surface area is 137 Å². The highest BCUT2D eigenvalue weighted by atomic mass is 15.2. The second-order valence-corrected chi connectivity index (χ2v) is 5.90. The van der Waals surface area contributed by atoms with Crippen molar-refractivity contribution in [3.8, 4) is 0 Å². The molecule has 0 spiro atoms. The Balaban J connectivity index is 1.67. The van der Waals surface area contributed by atoms with Crippen LogP contribution < -0.4 is 10.2 Å². The zero-order valence-electron chi connectivity index (χ0n) is 13.8. The molecule has 2 aromatic rings. The molecule has 0 unspecified atom stereocenters. The molecule has 0 bridgehead atoms. The van der Waals surface area contributed by atoms with E-state index in [2.05, 4.69) is 63.0 Å². The Morgan fingerprint density at radius 1 is 1.13 bits per heavy atom. The van der Waals surface area contributed by atoms with Gasteiger partial charge in [-0.2, -0.15) is 0 Å². The van der Waals surface area contributed by atoms with Crippen LogP contribution in [0.3, 0.4) is 0 Å². The summed E-state index contributed by atoms with van der Waals surface area (Å²) in [6.45, 7) is 10.1. The van der Waals surface area contributed by atoms with Crippen molar-refractivity contribution in [3.05, 3.63) is 48.3 Å². The Hall–Kier alpha value is -2.40. The van der Waals surface area contributed by atoms with Gasteiger partial charge in [-0.25, -0.2) is 9.97 Å². The molecule has 120 valence electrons. The van der Waals surface area contributed by atoms with Gasteiger partial charge in [-0.3, -0.25) is 0 Å². The van der Waals surface area contributed by atoms with Gasteiger partial charge in [-0.15, -0.1) is 0 Å². The van der Waals surface area contributed by atoms with E-state index in [1.807, 2.05) is 6.92 Å². The van der Waals surface area contributed by atoms with E-state index in [-0.39, 0.29) is 0 Å². The molecule has 0 atom stereocenters. The second-order valence-electron chi connectivity index (χ2n) is 5.90. The lowest BCUT2D eigenvalue weighted by Crippen LogP contribution is -2.44. The van der Waals surface area contributed by atoms with E-state index >= 15 is 0 Å². The Morgan fingerprint density at radius 2 is 1.83 bits per heavy atom. The first kappa shape index (κ1) is 15.5. The van der Waals surface area contributed by atoms with Gasteiger partial charge in [0.15, 0.2) is 0 Å². The Bertz CT molecular complexity index is 672. The Morgan fingerprint density at radius 3 is 2.43 bits per heavy atom. The van der Waals surface area contributed by atoms with Crippen LogP contribution in [0.5, 0.6) is 0 Å². The van der Waals surface area contributed by atoms with Crippen molar-refractivity contribution in [2.24, 2.45) is 0 Å². The molecule has 0 radical (unpaired) electrons. The molecule has 5 nitrogen and oxygen atoms in total. The van der Waals surface area contributed by atoms with E-state index in [1.165, 1.54) is 5.69 Å². The number of nitrogens with zero attached hydrogens (tertiary/aromatic N) is 4. The first-order valence-electron chi connectivity index (χ1n) is 7.92. The minimum absolute atomic E-state index is 0.612. The molecule has 1 aliphatic rings. The van der Waals surface area contributed by atoms with Gasteiger partial charge in [-0.1, -0.05) is 12.7 Å². The lowest BCUT2D eigenvalue weighted by molar-refractivity contribution is 0.313. The van der Waals surface area contributed by atoms with Crippen molar-refractivity contribution >= 4 is 23.4 Å². The third-order valence-electron chi connectivity index (χ3n) is 4.23. The predicted octanol–water partition coefficient (Wildman–Crippen LogP) is 2.92. The first-order chi connectivity index (χ1) is 11.2. The number of hydrogen-bond acceptors (Lipinski definition) is 5. The van der Waals surface area contributed by atoms with Gasteiger partial charge >= 0.3 is 0 Å². The largest absolute Gasteiger partial charge is 0.369 e. The number of hydrogen-bond donors (Lipinski definition) is 1. The van der Waals surface area contributed by atoms with E-state index in [1.54, 1.807) is 12.3 Å². The monoisotopic (exact) mass is 309 g/mol. The predicted molar refractivity (Wildman–Crippen MR) is 96.3 cm³/mol. The average molecular weight is 309 g/mol. The summed E-state index contributed by atoms with van der Waals surface area (Å²) in [4.78, 5) is 13.5. The maximum Gasteiger partial charge on any atom is 0.227 e. The van der Waals surface area contributed by atoms with E-state index in [0.29, 0.717) is 5.95 Å². The van der Waals surface area contributed by atoms with Crippen molar-refractivity contribution < 1.29 is 0 Å². The fourth-order valence-corrected chi connectivity index (χ4v) is 2.69. The van der Waals surface area contributed by atoms with Crippen LogP contribution in [0.15, 0.2) is 37.0 Å². The van der Waals surface area contributed by atoms with E-state index in [4.69, 9.17) is 0 Å². The normalized spacial score (nSPS) is 15.5. The highest BCUT2D eigenvalue weighted by Crippen LogP contribution is 2.21. The molecule has 1 aromatic carbocycles. The van der Waals surface area contributed by atoms with Crippen molar-refractivity contribution in [1.82, 2.24) is 14.9 Å². The number of aryl methyl sites for hydroxylation is 1. The summed E-state index contributed by atoms with van der Waals surface area (Å²) in [5.74, 6) is 0.612. The number of likely N-dealkylation sites (N-methyl/N-ethyl adjacent to an activating group) is 1. The average Bonchev–Trinajstić information content (AvgIpc) is 2.57. The van der Waals surface area contributed by atoms with Crippen molar-refractivity contribution in [3.63, 3.8) is 0 Å². The number of aromatic nitrogens is 2. The van der Waals surface area contributed by atoms with Crippen LogP contribution in [0.2, 0.25) is 0 Å². The summed E-state index contributed by atoms with van der Waals surface area (Å²) >= 11 is 0. The quantitative estimate of drug-likeness (QED) is 0.941. The van der Waals surface area contributed by atoms with Crippen LogP contribution in [0.4, 0.5) is 17.3 Å². The van der Waals surface area contributed by atoms with E-state index < -0.39 is 0 Å². The second kappa shape index (κ2) is 6.79. The summed E-state index contributed by atoms with van der Waals surface area (Å²) in [7, 11) is 2.17. The molecule has 5 heteroatoms. The maximum atomic E-state index is 4.45. The highest BCUT2D eigenvalue weighted by molar-refractivity contribution is 5.60. The summed E-state index contributed by atoms with van der Waals surface area (Å²) < 4.78 is 0. The lowest BCUT2D eigenvalue weighted by atomic mass is 10.2. The minimum Gasteiger partial charge on any atom is -0.369 e. The van der Waals surface area contributed by atoms with Crippen LogP contribution >= 0.6 is 0 Å². The molecule has 1 saturated heterocycles. The number of rotatable bonds is 4. The molecule has 1 N–H and O–H groups in total. The van der Waals surface area contributed by atoms with Gasteiger partial charge in [-0.05, 0) is 38.2 Å². The number of benzene rings is 1. The summed E-state index contributed by atoms with van der Waals surface area (Å²) in [5, 5.41) is 3.25. The molecular formula is C18H23N5. The van der Waals surface area contributed by atoms with Crippen LogP contribution in [0.25, 0.3) is 6.08 Å². The maximum absolute atomic E-state index is 4.45. The molecule has 0 amide bonds. The topological polar surface area (TPSA) is 44.3 Å². The standard InChI is InChI=1S/C18H23N5/c1-4-15-13-19-18(20-14(15)2)21-16-5-7-17(8-6-16)23-11-9-22(3)10-12-23/h4-8,13H,1,9-12H2,2-3H3,(H,19,20,21). The van der Waals surface area contributed by atoms with Crippen LogP contribution in [-0.2, 0) is 0 Å². The molecule has 0 saturated carbocycles. The van der Waals surface area contributed by atoms with Gasteiger partial charge in [0.25, 0.3) is 0 Å². The van der Waals surface area contributed by atoms with E-state index in [0.717, 1.165) is 43.1 Å². The molecule has 1 aliphatic heterocycles. The van der Waals surface area contributed by atoms with Crippen molar-refractivity contribution in [2.75, 3.05) is 43.4 Å². The van der Waals surface area contributed by atoms with Crippen molar-refractivity contribution in [2.45, 2.75) is 6.92 Å². The zero-order valence-corrected chi connectivity index (χ0v) is 13.8. The third kappa shape index (κ3) is 3.68. The molecule has 23 heavy (non-hydrogen) atoms. The number of anilines is 3. The SMILES string of the molecule is C=Cc1cnc(Nc2ccc(N3CCN(C)CC3)cc2)nc1C. The zero-order chi connectivity index (χ0) is 16.2. The number of piperazine rings is 1. The smallest absolute Gasteiger partial charge is 0.227 e. The summed E-state index contributed by atoms with van der Waals surface area (Å²) in [5.41, 5.74) is 4.14. The summed E-state index contributed by atoms with van der Waals surface area (Å²) in [6.07, 6.45) is 3.56. The van der Waals surface area contributed by atoms with Crippen LogP contribution in [0.1, 0.15) is 11.3 Å². The van der Waals surface area contributed by atoms with Crippen LogP contribution in [0, 0.1) is 6.92 Å². The fraction of sp³-hybridized carbons (Fsp3) is 0.333. The van der Waals surface area contributed by atoms with Gasteiger partial charge in [0.05, 0.1) is 5.69 Å². The molecule has 1 aromatic heterocycles. The summed E-state index contributed by atoms with van der Waals surface area (Å²) in [6, 6.07) is 8.46. The van der Waals surface area contributed by atoms with E-state index in [9.17, 15) is 0 Å². The molecule has 1 fully saturated rings. The van der Waals surface area contributed by atoms with Gasteiger partial charge < -0.3 is 15.1 Å². The molecule has 2 heterocycles. The van der Waals surface area contributed by atoms with Crippen LogP contribution in [-0.4, -0.2) is 48.1 Å². The van der Waals surface area contributed by atoms with Gasteiger partial charge in [0, 0.05) is 49.3 Å². The minimum atomic E-state index is 0.612. The Kier molecular flexibility index (Phi) is 4.57. The number of nitrogens with one attached hydrogen (secondary N) is 1. The lowest BCUT2D eigenvalue weighted by Gasteiger charge is -2.34. The van der Waals surface area contributed by atoms with Crippen molar-refractivity contribution in [1.29, 1.82) is 0 Å². The molecule has 3 rings (SSSR count). The molecular weight excluding hydrogens is 286 g/mol. The van der Waals surface area contributed by atoms with Gasteiger partial charge in [0.2, 0.25) is 5.95 Å². The fourth-order valence-electron chi connectivity index (χ4n) is 2.69. The molecule has 0 aliphatic carbocycles. The highest BCUT2D eigenvalue weighted by Gasteiger charge is 2.14. The van der Waals surface area contributed by atoms with Gasteiger partial charge in [0.1, 0.15) is 0 Å². The first-order valence-corrected chi connectivity index (χ1v) is 7.92.